The van der Waals surface area contributed by atoms with E-state index >= 15 is 0 Å². The molecule has 0 aliphatic carbocycles. The molecule has 0 saturated carbocycles. The van der Waals surface area contributed by atoms with Crippen LogP contribution in [0.25, 0.3) is 10.9 Å². The summed E-state index contributed by atoms with van der Waals surface area (Å²) in [6, 6.07) is 8.46. The maximum absolute atomic E-state index is 11.1. The lowest BCUT2D eigenvalue weighted by molar-refractivity contribution is 0.107. The van der Waals surface area contributed by atoms with Gasteiger partial charge in [0, 0.05) is 23.0 Å². The lowest BCUT2D eigenvalue weighted by Crippen LogP contribution is -1.99. The molecule has 0 fully saturated rings. The summed E-state index contributed by atoms with van der Waals surface area (Å²) in [4.78, 5) is 18.6. The van der Waals surface area contributed by atoms with Gasteiger partial charge in [0.15, 0.2) is 0 Å². The van der Waals surface area contributed by atoms with Gasteiger partial charge in [0.25, 0.3) is 5.24 Å². The Hall–Kier alpha value is -1.65. The van der Waals surface area contributed by atoms with Crippen molar-refractivity contribution in [1.82, 2.24) is 9.97 Å². The topological polar surface area (TPSA) is 45.8 Å². The van der Waals surface area contributed by atoms with Crippen LogP contribution in [0.1, 0.15) is 33.9 Å². The van der Waals surface area contributed by atoms with Gasteiger partial charge in [0.05, 0.1) is 5.01 Å². The number of rotatable bonds is 4. The third kappa shape index (κ3) is 2.62. The largest absolute Gasteiger partial charge is 0.361 e. The first kappa shape index (κ1) is 13.3. The molecule has 1 atom stereocenters. The number of halogens is 1. The quantitative estimate of drug-likeness (QED) is 0.728. The molecule has 0 aliphatic heterocycles. The molecule has 0 radical (unpaired) electrons. The third-order valence-corrected chi connectivity index (χ3v) is 4.58. The van der Waals surface area contributed by atoms with Gasteiger partial charge in [0.2, 0.25) is 0 Å². The minimum atomic E-state index is -0.493. The van der Waals surface area contributed by atoms with E-state index < -0.39 is 5.24 Å². The van der Waals surface area contributed by atoms with E-state index in [-0.39, 0.29) is 5.92 Å². The Bertz CT molecular complexity index is 762. The summed E-state index contributed by atoms with van der Waals surface area (Å²) < 4.78 is 0. The minimum Gasteiger partial charge on any atom is -0.361 e. The fourth-order valence-electron chi connectivity index (χ4n) is 2.27. The molecule has 5 heteroatoms. The number of carbonyl (C=O) groups excluding carboxylic acids is 1. The molecule has 1 N–H and O–H groups in total. The number of benzene rings is 1. The van der Waals surface area contributed by atoms with Crippen molar-refractivity contribution in [3.8, 4) is 0 Å². The van der Waals surface area contributed by atoms with Gasteiger partial charge < -0.3 is 4.98 Å². The second-order valence-electron chi connectivity index (χ2n) is 4.85. The summed E-state index contributed by atoms with van der Waals surface area (Å²) in [7, 11) is 0. The van der Waals surface area contributed by atoms with Crippen molar-refractivity contribution in [2.75, 3.05) is 0 Å². The predicted molar refractivity (Wildman–Crippen MR) is 82.7 cm³/mol. The molecule has 0 amide bonds. The zero-order chi connectivity index (χ0) is 14.1. The Labute approximate surface area is 125 Å². The van der Waals surface area contributed by atoms with Gasteiger partial charge in [-0.05, 0) is 41.1 Å². The molecule has 3 rings (SSSR count). The van der Waals surface area contributed by atoms with Crippen molar-refractivity contribution < 1.29 is 4.79 Å². The first-order valence-electron chi connectivity index (χ1n) is 6.35. The number of hydrogen-bond acceptors (Lipinski definition) is 3. The summed E-state index contributed by atoms with van der Waals surface area (Å²) in [6.45, 7) is 2.11. The molecule has 2 heterocycles. The zero-order valence-electron chi connectivity index (χ0n) is 10.9. The molecule has 3 nitrogen and oxygen atoms in total. The van der Waals surface area contributed by atoms with Crippen LogP contribution in [0.4, 0.5) is 0 Å². The molecule has 102 valence electrons. The van der Waals surface area contributed by atoms with E-state index in [1.54, 1.807) is 5.38 Å². The predicted octanol–water partition coefficient (Wildman–Crippen LogP) is 4.35. The van der Waals surface area contributed by atoms with Crippen molar-refractivity contribution in [1.29, 1.82) is 0 Å². The number of aromatic amines is 1. The highest BCUT2D eigenvalue weighted by Crippen LogP contribution is 2.25. The second kappa shape index (κ2) is 5.38. The van der Waals surface area contributed by atoms with Crippen molar-refractivity contribution in [3.05, 3.63) is 52.1 Å². The van der Waals surface area contributed by atoms with Gasteiger partial charge in [-0.25, -0.2) is 4.98 Å². The lowest BCUT2D eigenvalue weighted by Gasteiger charge is -2.08. The first-order valence-corrected chi connectivity index (χ1v) is 7.60. The monoisotopic (exact) mass is 304 g/mol. The highest BCUT2D eigenvalue weighted by Gasteiger charge is 2.14. The summed E-state index contributed by atoms with van der Waals surface area (Å²) in [6.07, 6.45) is 2.83. The number of nitrogens with zero attached hydrogens (tertiary/aromatic N) is 1. The number of nitrogens with one attached hydrogen (secondary N) is 1. The van der Waals surface area contributed by atoms with Crippen LogP contribution in [-0.2, 0) is 6.42 Å². The van der Waals surface area contributed by atoms with Gasteiger partial charge in [-0.2, -0.15) is 0 Å². The molecule has 0 aliphatic rings. The van der Waals surface area contributed by atoms with Gasteiger partial charge in [-0.3, -0.25) is 4.79 Å². The van der Waals surface area contributed by atoms with E-state index in [0.717, 1.165) is 16.9 Å². The highest BCUT2D eigenvalue weighted by molar-refractivity contribution is 7.10. The van der Waals surface area contributed by atoms with E-state index in [9.17, 15) is 4.79 Å². The molecular weight excluding hydrogens is 292 g/mol. The molecule has 1 aromatic carbocycles. The lowest BCUT2D eigenvalue weighted by atomic mass is 10.0. The fraction of sp³-hybridized carbons (Fsp3) is 0.200. The fourth-order valence-corrected chi connectivity index (χ4v) is 3.29. The summed E-state index contributed by atoms with van der Waals surface area (Å²) >= 11 is 6.92. The van der Waals surface area contributed by atoms with Crippen molar-refractivity contribution in [2.45, 2.75) is 19.3 Å². The normalized spacial score (nSPS) is 12.7. The molecule has 0 saturated heterocycles. The Morgan fingerprint density at radius 2 is 2.30 bits per heavy atom. The average Bonchev–Trinajstić information content (AvgIpc) is 3.07. The first-order chi connectivity index (χ1) is 9.63. The van der Waals surface area contributed by atoms with Gasteiger partial charge in [-0.1, -0.05) is 19.1 Å². The average molecular weight is 305 g/mol. The number of H-pyrrole nitrogens is 1. The molecule has 0 spiro atoms. The smallest absolute Gasteiger partial charge is 0.271 e. The summed E-state index contributed by atoms with van der Waals surface area (Å²) in [5, 5.41) is 3.38. The maximum atomic E-state index is 11.1. The Kier molecular flexibility index (Phi) is 3.59. The van der Waals surface area contributed by atoms with Gasteiger partial charge in [0.1, 0.15) is 5.69 Å². The van der Waals surface area contributed by atoms with Crippen LogP contribution in [0.2, 0.25) is 0 Å². The Morgan fingerprint density at radius 3 is 3.05 bits per heavy atom. The van der Waals surface area contributed by atoms with Crippen molar-refractivity contribution in [2.24, 2.45) is 0 Å². The van der Waals surface area contributed by atoms with Crippen molar-refractivity contribution >= 4 is 39.1 Å². The Balaban J connectivity index is 1.80. The highest BCUT2D eigenvalue weighted by atomic mass is 35.5. The van der Waals surface area contributed by atoms with E-state index in [4.69, 9.17) is 11.6 Å². The molecule has 1 unspecified atom stereocenters. The molecule has 0 bridgehead atoms. The minimum absolute atomic E-state index is 0.261. The number of aromatic nitrogens is 2. The van der Waals surface area contributed by atoms with E-state index in [1.807, 2.05) is 6.20 Å². The van der Waals surface area contributed by atoms with E-state index in [1.165, 1.54) is 22.3 Å². The zero-order valence-corrected chi connectivity index (χ0v) is 12.5. The van der Waals surface area contributed by atoms with E-state index in [2.05, 4.69) is 41.2 Å². The number of carbonyl (C=O) groups is 1. The molecule has 20 heavy (non-hydrogen) atoms. The standard InChI is InChI=1S/C15H13ClN2OS/c1-9(15-18-13(8-20-15)14(16)19)6-10-2-3-11-4-5-17-12(11)7-10/h2-5,7-9,17H,6H2,1H3. The summed E-state index contributed by atoms with van der Waals surface area (Å²) in [5.41, 5.74) is 2.74. The van der Waals surface area contributed by atoms with Crippen LogP contribution < -0.4 is 0 Å². The van der Waals surface area contributed by atoms with Crippen LogP contribution >= 0.6 is 22.9 Å². The van der Waals surface area contributed by atoms with Crippen molar-refractivity contribution in [3.63, 3.8) is 0 Å². The van der Waals surface area contributed by atoms with Gasteiger partial charge >= 0.3 is 0 Å². The van der Waals surface area contributed by atoms with Crippen LogP contribution in [-0.4, -0.2) is 15.2 Å². The third-order valence-electron chi connectivity index (χ3n) is 3.31. The van der Waals surface area contributed by atoms with Gasteiger partial charge in [-0.15, -0.1) is 11.3 Å². The molecule has 2 aromatic heterocycles. The van der Waals surface area contributed by atoms with E-state index in [0.29, 0.717) is 5.69 Å². The Morgan fingerprint density at radius 1 is 1.45 bits per heavy atom. The number of thiazole rings is 1. The molecular formula is C15H13ClN2OS. The van der Waals surface area contributed by atoms with Crippen LogP contribution in [0.15, 0.2) is 35.8 Å². The van der Waals surface area contributed by atoms with Crippen LogP contribution in [0.5, 0.6) is 0 Å². The van der Waals surface area contributed by atoms with Crippen LogP contribution in [0.3, 0.4) is 0 Å². The SMILES string of the molecule is CC(Cc1ccc2cc[nH]c2c1)c1nc(C(=O)Cl)cs1. The maximum Gasteiger partial charge on any atom is 0.271 e. The summed E-state index contributed by atoms with van der Waals surface area (Å²) in [5.74, 6) is 0.261. The number of fused-ring (bicyclic) bond motifs is 1. The molecule has 3 aromatic rings. The second-order valence-corrected chi connectivity index (χ2v) is 6.08. The number of hydrogen-bond donors (Lipinski definition) is 1. The van der Waals surface area contributed by atoms with Crippen LogP contribution in [0, 0.1) is 0 Å².